The maximum Gasteiger partial charge on any atom is 0.155 e. The minimum absolute atomic E-state index is 0.0470. The van der Waals surface area contributed by atoms with Gasteiger partial charge in [-0.25, -0.2) is 9.50 Å². The molecule has 1 aromatic carbocycles. The molecule has 7 heteroatoms. The molecule has 3 aliphatic rings. The van der Waals surface area contributed by atoms with E-state index in [2.05, 4.69) is 73.3 Å². The molecule has 206 valence electrons. The van der Waals surface area contributed by atoms with E-state index in [1.54, 1.807) is 0 Å². The quantitative estimate of drug-likeness (QED) is 0.393. The molecule has 3 aliphatic heterocycles. The summed E-state index contributed by atoms with van der Waals surface area (Å²) in [5, 5.41) is 4.69. The highest BCUT2D eigenvalue weighted by molar-refractivity contribution is 5.85. The number of carbonyl (C=O) groups is 1. The van der Waals surface area contributed by atoms with E-state index in [-0.39, 0.29) is 29.3 Å². The van der Waals surface area contributed by atoms with Gasteiger partial charge in [0.05, 0.1) is 41.9 Å². The number of anilines is 2. The number of Topliss-reactive ketones (excluding diaryl/α,β-unsaturated/α-hetero) is 1. The molecule has 3 aromatic rings. The molecular formula is C32H41N5O2. The summed E-state index contributed by atoms with van der Waals surface area (Å²) in [6.07, 6.45) is 5.25. The molecule has 0 amide bonds. The minimum Gasteiger partial charge on any atom is -0.372 e. The van der Waals surface area contributed by atoms with Crippen LogP contribution in [0.3, 0.4) is 0 Å². The van der Waals surface area contributed by atoms with Crippen LogP contribution in [0.15, 0.2) is 48.8 Å². The lowest BCUT2D eigenvalue weighted by atomic mass is 9.67. The standard InChI is InChI=1S/C32H41N5O2/c1-20-16-29-33-17-27-26(37(29)34-20)8-7-14-36(27)25-11-9-23(10-12-25)30(32(4,5)6)21(2)31(38)24-18-35(19-24)22(3)28-13-15-39-28/h9-12,16-17,21,24,28,30H,3,7-8,13-15,18-19H2,1-2,4-6H3/t21?,28-,30-/m0/s1. The molecule has 2 saturated heterocycles. The summed E-state index contributed by atoms with van der Waals surface area (Å²) in [5.74, 6) is 0.508. The van der Waals surface area contributed by atoms with Gasteiger partial charge in [-0.05, 0) is 48.8 Å². The van der Waals surface area contributed by atoms with Crippen LogP contribution < -0.4 is 4.90 Å². The molecule has 39 heavy (non-hydrogen) atoms. The highest BCUT2D eigenvalue weighted by atomic mass is 16.5. The van der Waals surface area contributed by atoms with Crippen LogP contribution in [0.1, 0.15) is 63.4 Å². The van der Waals surface area contributed by atoms with Crippen LogP contribution in [0.4, 0.5) is 11.4 Å². The molecule has 0 N–H and O–H groups in total. The normalized spacial score (nSPS) is 21.2. The van der Waals surface area contributed by atoms with Gasteiger partial charge in [0.25, 0.3) is 0 Å². The van der Waals surface area contributed by atoms with Crippen LogP contribution >= 0.6 is 0 Å². The fourth-order valence-corrected chi connectivity index (χ4v) is 6.87. The van der Waals surface area contributed by atoms with Crippen LogP contribution in [0, 0.1) is 24.2 Å². The third-order valence-corrected chi connectivity index (χ3v) is 8.98. The first-order valence-corrected chi connectivity index (χ1v) is 14.4. The highest BCUT2D eigenvalue weighted by Crippen LogP contribution is 2.44. The van der Waals surface area contributed by atoms with Crippen molar-refractivity contribution in [2.24, 2.45) is 17.3 Å². The van der Waals surface area contributed by atoms with E-state index in [0.717, 1.165) is 73.9 Å². The molecule has 2 fully saturated rings. The lowest BCUT2D eigenvalue weighted by Gasteiger charge is -2.47. The number of benzene rings is 1. The first-order chi connectivity index (χ1) is 18.6. The lowest BCUT2D eigenvalue weighted by molar-refractivity contribution is -0.133. The molecule has 7 nitrogen and oxygen atoms in total. The number of aryl methyl sites for hydroxylation is 2. The van der Waals surface area contributed by atoms with Crippen molar-refractivity contribution in [1.29, 1.82) is 0 Å². The van der Waals surface area contributed by atoms with Gasteiger partial charge in [-0.15, -0.1) is 0 Å². The summed E-state index contributed by atoms with van der Waals surface area (Å²) in [4.78, 5) is 22.9. The Labute approximate surface area is 231 Å². The Morgan fingerprint density at radius 1 is 1.18 bits per heavy atom. The van der Waals surface area contributed by atoms with E-state index in [1.165, 1.54) is 11.3 Å². The summed E-state index contributed by atoms with van der Waals surface area (Å²) in [5.41, 5.74) is 7.62. The Balaban J connectivity index is 1.20. The first kappa shape index (κ1) is 26.1. The molecule has 6 rings (SSSR count). The van der Waals surface area contributed by atoms with Crippen molar-refractivity contribution in [2.45, 2.75) is 65.9 Å². The van der Waals surface area contributed by atoms with E-state index in [4.69, 9.17) is 9.84 Å². The maximum atomic E-state index is 13.7. The number of likely N-dealkylation sites (tertiary alicyclic amines) is 1. The zero-order valence-corrected chi connectivity index (χ0v) is 24.0. The lowest BCUT2D eigenvalue weighted by Crippen LogP contribution is -2.54. The number of nitrogens with zero attached hydrogens (tertiary/aromatic N) is 5. The van der Waals surface area contributed by atoms with Gasteiger partial charge in [-0.3, -0.25) is 4.79 Å². The van der Waals surface area contributed by atoms with E-state index in [0.29, 0.717) is 5.78 Å². The fourth-order valence-electron chi connectivity index (χ4n) is 6.87. The van der Waals surface area contributed by atoms with E-state index < -0.39 is 0 Å². The molecule has 1 unspecified atom stereocenters. The molecule has 0 radical (unpaired) electrons. The zero-order chi connectivity index (χ0) is 27.5. The first-order valence-electron chi connectivity index (χ1n) is 14.4. The number of rotatable bonds is 7. The van der Waals surface area contributed by atoms with Crippen molar-refractivity contribution in [1.82, 2.24) is 19.5 Å². The van der Waals surface area contributed by atoms with Crippen molar-refractivity contribution < 1.29 is 9.53 Å². The van der Waals surface area contributed by atoms with Gasteiger partial charge in [-0.2, -0.15) is 5.10 Å². The SMILES string of the molecule is C=C([C@@H]1CCO1)N1CC(C(=O)C(C)[C@@H](c2ccc(N3CCCc4c3cnc3cc(C)nn43)cc2)C(C)(C)C)C1. The highest BCUT2D eigenvalue weighted by Gasteiger charge is 2.42. The van der Waals surface area contributed by atoms with Gasteiger partial charge < -0.3 is 14.5 Å². The van der Waals surface area contributed by atoms with Crippen LogP contribution in [0.2, 0.25) is 0 Å². The summed E-state index contributed by atoms with van der Waals surface area (Å²) in [6, 6.07) is 10.9. The second-order valence-electron chi connectivity index (χ2n) is 12.8. The second kappa shape index (κ2) is 9.77. The third-order valence-electron chi connectivity index (χ3n) is 8.98. The number of hydrogen-bond donors (Lipinski definition) is 0. The molecule has 0 aliphatic carbocycles. The smallest absolute Gasteiger partial charge is 0.155 e. The average Bonchev–Trinajstić information content (AvgIpc) is 3.22. The summed E-state index contributed by atoms with van der Waals surface area (Å²) < 4.78 is 7.59. The van der Waals surface area contributed by atoms with Gasteiger partial charge in [-0.1, -0.05) is 46.4 Å². The largest absolute Gasteiger partial charge is 0.372 e. The number of carbonyl (C=O) groups excluding carboxylic acids is 1. The van der Waals surface area contributed by atoms with Crippen molar-refractivity contribution in [2.75, 3.05) is 31.1 Å². The van der Waals surface area contributed by atoms with Gasteiger partial charge >= 0.3 is 0 Å². The van der Waals surface area contributed by atoms with Crippen LogP contribution in [0.5, 0.6) is 0 Å². The Morgan fingerprint density at radius 2 is 1.90 bits per heavy atom. The Kier molecular flexibility index (Phi) is 6.53. The monoisotopic (exact) mass is 527 g/mol. The minimum atomic E-state index is -0.0625. The number of hydrogen-bond acceptors (Lipinski definition) is 6. The maximum absolute atomic E-state index is 13.7. The summed E-state index contributed by atoms with van der Waals surface area (Å²) in [7, 11) is 0. The zero-order valence-electron chi connectivity index (χ0n) is 24.0. The van der Waals surface area contributed by atoms with Crippen LogP contribution in [0.25, 0.3) is 5.65 Å². The fraction of sp³-hybridized carbons (Fsp3) is 0.531. The van der Waals surface area contributed by atoms with Crippen molar-refractivity contribution >= 4 is 22.8 Å². The molecule has 2 aromatic heterocycles. The molecule has 0 spiro atoms. The topological polar surface area (TPSA) is 63.0 Å². The van der Waals surface area contributed by atoms with E-state index in [1.807, 2.05) is 23.7 Å². The third kappa shape index (κ3) is 4.65. The van der Waals surface area contributed by atoms with E-state index >= 15 is 0 Å². The predicted octanol–water partition coefficient (Wildman–Crippen LogP) is 5.69. The Hall–Kier alpha value is -3.19. The van der Waals surface area contributed by atoms with Crippen molar-refractivity contribution in [3.63, 3.8) is 0 Å². The summed E-state index contributed by atoms with van der Waals surface area (Å²) >= 11 is 0. The van der Waals surface area contributed by atoms with Gasteiger partial charge in [0.1, 0.15) is 5.78 Å². The molecule has 0 bridgehead atoms. The molecule has 3 atom stereocenters. The molecule has 0 saturated carbocycles. The second-order valence-corrected chi connectivity index (χ2v) is 12.8. The Bertz CT molecular complexity index is 1390. The van der Waals surface area contributed by atoms with Gasteiger partial charge in [0.15, 0.2) is 5.65 Å². The van der Waals surface area contributed by atoms with Gasteiger partial charge in [0, 0.05) is 49.4 Å². The molecular weight excluding hydrogens is 486 g/mol. The van der Waals surface area contributed by atoms with E-state index in [9.17, 15) is 4.79 Å². The van der Waals surface area contributed by atoms with Crippen LogP contribution in [-0.4, -0.2) is 57.6 Å². The van der Waals surface area contributed by atoms with Crippen molar-refractivity contribution in [3.8, 4) is 0 Å². The number of ketones is 1. The average molecular weight is 528 g/mol. The van der Waals surface area contributed by atoms with Gasteiger partial charge in [0.2, 0.25) is 0 Å². The number of fused-ring (bicyclic) bond motifs is 3. The predicted molar refractivity (Wildman–Crippen MR) is 154 cm³/mol. The van der Waals surface area contributed by atoms with Crippen molar-refractivity contribution in [3.05, 3.63) is 65.8 Å². The summed E-state index contributed by atoms with van der Waals surface area (Å²) in [6.45, 7) is 18.4. The Morgan fingerprint density at radius 3 is 2.54 bits per heavy atom. The van der Waals surface area contributed by atoms with Crippen LogP contribution in [-0.2, 0) is 16.0 Å². The number of aromatic nitrogens is 3. The number of ether oxygens (including phenoxy) is 1. The molecule has 5 heterocycles.